The van der Waals surface area contributed by atoms with Gasteiger partial charge in [-0.1, -0.05) is 206 Å². The van der Waals surface area contributed by atoms with E-state index in [0.717, 1.165) is 122 Å². The first-order chi connectivity index (χ1) is 34.2. The van der Waals surface area contributed by atoms with Gasteiger partial charge in [0.05, 0.1) is 0 Å². The predicted octanol–water partition coefficient (Wildman–Crippen LogP) is 17.2. The Hall–Kier alpha value is -8.90. The Labute approximate surface area is 401 Å². The molecular weight excluding hydrogens is 857 g/mol. The van der Waals surface area contributed by atoms with Crippen molar-refractivity contribution in [1.29, 1.82) is 0 Å². The van der Waals surface area contributed by atoms with Gasteiger partial charge in [0.25, 0.3) is 0 Å². The first-order valence-electron chi connectivity index (χ1n) is 23.6. The fourth-order valence-electron chi connectivity index (χ4n) is 11.0. The molecule has 14 rings (SSSR count). The fourth-order valence-corrected chi connectivity index (χ4v) is 14.4. The average molecular weight is 899 g/mol. The van der Waals surface area contributed by atoms with Crippen molar-refractivity contribution in [1.82, 2.24) is 0 Å². The molecule has 0 unspecified atom stereocenters. The Morgan fingerprint density at radius 2 is 0.594 bits per heavy atom. The second-order valence-corrected chi connectivity index (χ2v) is 20.3. The highest BCUT2D eigenvalue weighted by Crippen LogP contribution is 2.58. The quantitative estimate of drug-likeness (QED) is 0.164. The minimum atomic E-state index is -4.35. The zero-order valence-corrected chi connectivity index (χ0v) is 38.5. The monoisotopic (exact) mass is 898 g/mol. The summed E-state index contributed by atoms with van der Waals surface area (Å²) in [6.07, 6.45) is 0. The van der Waals surface area contributed by atoms with E-state index in [-0.39, 0.29) is 0 Å². The van der Waals surface area contributed by atoms with Crippen molar-refractivity contribution in [3.63, 3.8) is 0 Å². The lowest BCUT2D eigenvalue weighted by Gasteiger charge is -2.45. The first-order valence-corrected chi connectivity index (χ1v) is 25.3. The minimum absolute atomic E-state index is 0.760. The Balaban J connectivity index is 1.20. The molecule has 69 heavy (non-hydrogen) atoms. The summed E-state index contributed by atoms with van der Waals surface area (Å²) >= 11 is 0. The van der Waals surface area contributed by atoms with Gasteiger partial charge >= 0.3 is 8.88 Å². The molecule has 0 amide bonds. The molecule has 2 aliphatic heterocycles. The van der Waals surface area contributed by atoms with Gasteiger partial charge in [-0.2, -0.15) is 0 Å². The van der Waals surface area contributed by atoms with Crippen LogP contribution in [0.4, 0.5) is 22.7 Å². The summed E-state index contributed by atoms with van der Waals surface area (Å²) in [5.41, 5.74) is 12.6. The van der Waals surface area contributed by atoms with Crippen molar-refractivity contribution in [2.45, 2.75) is 0 Å². The number of hydrogen-bond donors (Lipinski definition) is 0. The summed E-state index contributed by atoms with van der Waals surface area (Å²) in [5.74, 6) is 1.52. The molecule has 12 aromatic carbocycles. The molecular formula is C64H42N2O2Si. The normalized spacial score (nSPS) is 13.5. The van der Waals surface area contributed by atoms with Crippen molar-refractivity contribution in [2.75, 3.05) is 9.13 Å². The summed E-state index contributed by atoms with van der Waals surface area (Å²) in [7, 11) is -4.35. The van der Waals surface area contributed by atoms with Crippen LogP contribution in [0.3, 0.4) is 0 Å². The highest BCUT2D eigenvalue weighted by Gasteiger charge is 2.64. The van der Waals surface area contributed by atoms with Crippen LogP contribution in [0.15, 0.2) is 255 Å². The van der Waals surface area contributed by atoms with E-state index in [9.17, 15) is 0 Å². The van der Waals surface area contributed by atoms with Crippen LogP contribution in [0, 0.1) is 0 Å². The Morgan fingerprint density at radius 1 is 0.261 bits per heavy atom. The second-order valence-electron chi connectivity index (χ2n) is 17.9. The summed E-state index contributed by atoms with van der Waals surface area (Å²) in [5, 5.41) is 9.06. The van der Waals surface area contributed by atoms with Crippen LogP contribution in [0.25, 0.3) is 87.6 Å². The molecule has 0 saturated carbocycles. The molecule has 12 aromatic rings. The highest BCUT2D eigenvalue weighted by atomic mass is 28.4. The lowest BCUT2D eigenvalue weighted by Crippen LogP contribution is -2.72. The molecule has 0 radical (unpaired) electrons. The van der Waals surface area contributed by atoms with E-state index >= 15 is 0 Å². The van der Waals surface area contributed by atoms with Crippen LogP contribution in [0.5, 0.6) is 11.5 Å². The Bertz CT molecular complexity index is 3740. The topological polar surface area (TPSA) is 24.9 Å². The Kier molecular flexibility index (Phi) is 8.88. The van der Waals surface area contributed by atoms with Crippen molar-refractivity contribution in [3.8, 4) is 56.0 Å². The molecule has 0 N–H and O–H groups in total. The van der Waals surface area contributed by atoms with Crippen LogP contribution < -0.4 is 18.0 Å². The summed E-state index contributed by atoms with van der Waals surface area (Å²) < 4.78 is 21.6. The van der Waals surface area contributed by atoms with Crippen LogP contribution in [-0.4, -0.2) is 8.88 Å². The number of nitrogens with zero attached hydrogens (tertiary/aromatic N) is 2. The third kappa shape index (κ3) is 6.14. The van der Waals surface area contributed by atoms with Gasteiger partial charge in [0.1, 0.15) is 11.5 Å². The SMILES string of the molecule is c1ccc(-c2cccc(N3c4ccc5ccccc5c4-c4c(ccc5ccccc45)O[Si]34Oc3ccc5ccccc5c3-c3c(ccc5ccccc35)N4c3cccc(-c4ccccc4)c3)c2)cc1. The number of rotatable bonds is 4. The van der Waals surface area contributed by atoms with Gasteiger partial charge in [0.15, 0.2) is 0 Å². The first kappa shape index (κ1) is 39.3. The maximum absolute atomic E-state index is 8.34. The molecule has 1 spiro atoms. The van der Waals surface area contributed by atoms with E-state index < -0.39 is 8.88 Å². The zero-order chi connectivity index (χ0) is 45.5. The molecule has 324 valence electrons. The smallest absolute Gasteiger partial charge is 0.480 e. The zero-order valence-electron chi connectivity index (χ0n) is 37.5. The lowest BCUT2D eigenvalue weighted by atomic mass is 9.91. The number of fused-ring (bicyclic) bond motifs is 14. The maximum atomic E-state index is 8.34. The summed E-state index contributed by atoms with van der Waals surface area (Å²) in [6.45, 7) is 0. The van der Waals surface area contributed by atoms with Gasteiger partial charge in [-0.05, 0) is 114 Å². The fraction of sp³-hybridized carbons (Fsp3) is 0. The number of hydrogen-bond acceptors (Lipinski definition) is 4. The van der Waals surface area contributed by atoms with Gasteiger partial charge in [-0.3, -0.25) is 9.13 Å². The molecule has 0 atom stereocenters. The highest BCUT2D eigenvalue weighted by molar-refractivity contribution is 6.80. The van der Waals surface area contributed by atoms with Crippen molar-refractivity contribution < 1.29 is 8.85 Å². The van der Waals surface area contributed by atoms with E-state index in [1.54, 1.807) is 0 Å². The van der Waals surface area contributed by atoms with Gasteiger partial charge in [-0.15, -0.1) is 0 Å². The van der Waals surface area contributed by atoms with Gasteiger partial charge < -0.3 is 8.85 Å². The van der Waals surface area contributed by atoms with Crippen LogP contribution in [0.2, 0.25) is 0 Å². The molecule has 0 aromatic heterocycles. The largest absolute Gasteiger partial charge is 0.733 e. The van der Waals surface area contributed by atoms with E-state index in [1.165, 1.54) is 0 Å². The molecule has 2 heterocycles. The second kappa shape index (κ2) is 15.6. The predicted molar refractivity (Wildman–Crippen MR) is 289 cm³/mol. The molecule has 0 fully saturated rings. The van der Waals surface area contributed by atoms with Crippen molar-refractivity contribution in [2.24, 2.45) is 0 Å². The van der Waals surface area contributed by atoms with Crippen molar-refractivity contribution in [3.05, 3.63) is 255 Å². The van der Waals surface area contributed by atoms with Crippen LogP contribution >= 0.6 is 0 Å². The standard InChI is InChI=1S/C64H42N2O2Si/c1-3-17-43(18-4-1)49-25-15-27-51(41-49)65-57-37-33-45-21-7-11-29-53(45)61(57)63-55-31-13-9-23-47(55)35-39-59(63)67-69(65)66(52-28-16-26-50(42-52)44-19-5-2-6-20-44)58-38-34-46-22-8-12-30-54(46)62(58)64-56-32-14-10-24-48(56)36-40-60(64)68-69/h1-42H. The van der Waals surface area contributed by atoms with Crippen LogP contribution in [0.1, 0.15) is 0 Å². The third-order valence-electron chi connectivity index (χ3n) is 14.1. The molecule has 4 nitrogen and oxygen atoms in total. The molecule has 5 heteroatoms. The van der Waals surface area contributed by atoms with E-state index in [0.29, 0.717) is 0 Å². The lowest BCUT2D eigenvalue weighted by molar-refractivity contribution is 0.385. The van der Waals surface area contributed by atoms with Gasteiger partial charge in [-0.25, -0.2) is 0 Å². The van der Waals surface area contributed by atoms with Gasteiger partial charge in [0.2, 0.25) is 0 Å². The van der Waals surface area contributed by atoms with Gasteiger partial charge in [0, 0.05) is 45.0 Å². The van der Waals surface area contributed by atoms with Crippen LogP contribution in [-0.2, 0) is 0 Å². The third-order valence-corrected chi connectivity index (χ3v) is 17.2. The van der Waals surface area contributed by atoms with Crippen molar-refractivity contribution >= 4 is 74.7 Å². The molecule has 0 aliphatic carbocycles. The molecule has 2 aliphatic rings. The summed E-state index contributed by atoms with van der Waals surface area (Å²) in [6, 6.07) is 91.9. The summed E-state index contributed by atoms with van der Waals surface area (Å²) in [4.78, 5) is 0. The van der Waals surface area contributed by atoms with E-state index in [2.05, 4.69) is 264 Å². The van der Waals surface area contributed by atoms with E-state index in [4.69, 9.17) is 8.85 Å². The number of anilines is 4. The minimum Gasteiger partial charge on any atom is -0.480 e. The Morgan fingerprint density at radius 3 is 1.00 bits per heavy atom. The number of benzene rings is 12. The van der Waals surface area contributed by atoms with E-state index in [1.807, 2.05) is 0 Å². The maximum Gasteiger partial charge on any atom is 0.733 e. The molecule has 0 bridgehead atoms. The molecule has 0 saturated heterocycles. The average Bonchev–Trinajstić information content (AvgIpc) is 3.63.